The lowest BCUT2D eigenvalue weighted by molar-refractivity contribution is -0.119. The maximum Gasteiger partial charge on any atom is 0.174 e. The van der Waals surface area contributed by atoms with Crippen LogP contribution in [0.25, 0.3) is 10.8 Å². The van der Waals surface area contributed by atoms with E-state index in [1.807, 2.05) is 20.0 Å². The predicted molar refractivity (Wildman–Crippen MR) is 184 cm³/mol. The molecule has 1 heterocycles. The third-order valence-electron chi connectivity index (χ3n) is 9.48. The molecule has 0 bridgehead atoms. The molecule has 3 aliphatic rings. The summed E-state index contributed by atoms with van der Waals surface area (Å²) in [6.45, 7) is 13.6. The van der Waals surface area contributed by atoms with Gasteiger partial charge in [0.2, 0.25) is 0 Å². The Morgan fingerprint density at radius 3 is 2.09 bits per heavy atom. The molecule has 2 aliphatic carbocycles. The molecule has 3 aromatic rings. The Bertz CT molecular complexity index is 1710. The van der Waals surface area contributed by atoms with E-state index in [2.05, 4.69) is 105 Å². The Labute approximate surface area is 274 Å². The Morgan fingerprint density at radius 2 is 1.48 bits per heavy atom. The van der Waals surface area contributed by atoms with Crippen molar-refractivity contribution < 1.29 is 19.1 Å². The maximum atomic E-state index is 14.0. The minimum absolute atomic E-state index is 0.136. The molecule has 0 atom stereocenters. The number of carbonyl (C=O) groups is 2. The van der Waals surface area contributed by atoms with Crippen LogP contribution in [0.1, 0.15) is 82.9 Å². The van der Waals surface area contributed by atoms with Gasteiger partial charge in [0, 0.05) is 53.9 Å². The van der Waals surface area contributed by atoms with Crippen LogP contribution >= 0.6 is 22.6 Å². The van der Waals surface area contributed by atoms with E-state index in [-0.39, 0.29) is 22.4 Å². The Hall–Kier alpha value is -3.13. The number of Topliss-reactive ketones (excluding diaryl/α,β-unsaturated/α-hetero) is 2. The van der Waals surface area contributed by atoms with Gasteiger partial charge in [-0.3, -0.25) is 9.59 Å². The Morgan fingerprint density at radius 1 is 0.864 bits per heavy atom. The van der Waals surface area contributed by atoms with Crippen molar-refractivity contribution >= 4 is 44.9 Å². The molecule has 0 N–H and O–H groups in total. The molecule has 0 radical (unpaired) electrons. The van der Waals surface area contributed by atoms with Crippen LogP contribution in [0, 0.1) is 21.3 Å². The molecule has 6 heteroatoms. The van der Waals surface area contributed by atoms with Gasteiger partial charge in [-0.15, -0.1) is 0 Å². The standard InChI is InChI=1S/C38H42INO4/c1-8-43-32-16-24(15-27(39)36(32)44-21-26-22(2)13-14-23-11-9-10-12-25(23)26)33-34-28(17-37(3,4)19-30(34)41)40(7)29-18-38(5,6)20-31(42)35(29)33/h9-16,33H,8,17-21H2,1-7H3. The zero-order valence-corrected chi connectivity index (χ0v) is 29.1. The van der Waals surface area contributed by atoms with Gasteiger partial charge in [0.15, 0.2) is 23.1 Å². The van der Waals surface area contributed by atoms with E-state index >= 15 is 0 Å². The van der Waals surface area contributed by atoms with Crippen molar-refractivity contribution in [1.82, 2.24) is 4.90 Å². The van der Waals surface area contributed by atoms with Crippen molar-refractivity contribution in [2.24, 2.45) is 10.8 Å². The number of aryl methyl sites for hydroxylation is 1. The second kappa shape index (κ2) is 11.3. The molecule has 0 amide bonds. The lowest BCUT2D eigenvalue weighted by atomic mass is 9.64. The summed E-state index contributed by atoms with van der Waals surface area (Å²) in [5.74, 6) is 1.19. The van der Waals surface area contributed by atoms with E-state index in [1.54, 1.807) is 0 Å². The molecule has 0 fully saturated rings. The molecule has 230 valence electrons. The highest BCUT2D eigenvalue weighted by Crippen LogP contribution is 2.54. The smallest absolute Gasteiger partial charge is 0.174 e. The average molecular weight is 704 g/mol. The van der Waals surface area contributed by atoms with Crippen molar-refractivity contribution in [2.75, 3.05) is 13.7 Å². The summed E-state index contributed by atoms with van der Waals surface area (Å²) in [6, 6.07) is 16.8. The highest BCUT2D eigenvalue weighted by atomic mass is 127. The largest absolute Gasteiger partial charge is 0.490 e. The van der Waals surface area contributed by atoms with Crippen LogP contribution in [-0.4, -0.2) is 30.1 Å². The summed E-state index contributed by atoms with van der Waals surface area (Å²) in [5.41, 5.74) is 6.63. The van der Waals surface area contributed by atoms with Gasteiger partial charge >= 0.3 is 0 Å². The maximum absolute atomic E-state index is 14.0. The Balaban J connectivity index is 1.47. The van der Waals surface area contributed by atoms with E-state index in [1.165, 1.54) is 16.3 Å². The second-order valence-electron chi connectivity index (χ2n) is 14.2. The summed E-state index contributed by atoms with van der Waals surface area (Å²) in [5, 5.41) is 2.36. The van der Waals surface area contributed by atoms with Gasteiger partial charge in [0.05, 0.1) is 10.2 Å². The number of benzene rings is 3. The van der Waals surface area contributed by atoms with Gasteiger partial charge in [-0.2, -0.15) is 0 Å². The number of hydrogen-bond acceptors (Lipinski definition) is 5. The van der Waals surface area contributed by atoms with E-state index in [0.717, 1.165) is 50.1 Å². The number of rotatable bonds is 6. The fourth-order valence-electron chi connectivity index (χ4n) is 7.44. The Kier molecular flexibility index (Phi) is 7.96. The van der Waals surface area contributed by atoms with Crippen molar-refractivity contribution in [3.8, 4) is 11.5 Å². The highest BCUT2D eigenvalue weighted by molar-refractivity contribution is 14.1. The second-order valence-corrected chi connectivity index (χ2v) is 15.4. The number of allylic oxidation sites excluding steroid dienone is 4. The van der Waals surface area contributed by atoms with Crippen LogP contribution < -0.4 is 9.47 Å². The lowest BCUT2D eigenvalue weighted by Crippen LogP contribution is -2.43. The molecule has 5 nitrogen and oxygen atoms in total. The molecule has 1 aliphatic heterocycles. The molecule has 0 saturated carbocycles. The quantitative estimate of drug-likeness (QED) is 0.240. The zero-order valence-electron chi connectivity index (χ0n) is 26.9. The number of hydrogen-bond donors (Lipinski definition) is 0. The summed E-state index contributed by atoms with van der Waals surface area (Å²) >= 11 is 2.32. The first kappa shape index (κ1) is 30.9. The molecule has 0 unspecified atom stereocenters. The van der Waals surface area contributed by atoms with Gasteiger partial charge in [-0.05, 0) is 94.1 Å². The third-order valence-corrected chi connectivity index (χ3v) is 10.3. The number of halogens is 1. The van der Waals surface area contributed by atoms with Crippen molar-refractivity contribution in [3.63, 3.8) is 0 Å². The first-order valence-corrected chi connectivity index (χ1v) is 16.7. The van der Waals surface area contributed by atoms with Crippen LogP contribution in [0.3, 0.4) is 0 Å². The summed E-state index contributed by atoms with van der Waals surface area (Å²) in [4.78, 5) is 30.1. The lowest BCUT2D eigenvalue weighted by Gasteiger charge is -2.48. The minimum atomic E-state index is -0.412. The molecule has 0 aromatic heterocycles. The molecular weight excluding hydrogens is 661 g/mol. The topological polar surface area (TPSA) is 55.8 Å². The molecule has 0 spiro atoms. The van der Waals surface area contributed by atoms with Gasteiger partial charge in [0.1, 0.15) is 6.61 Å². The first-order valence-electron chi connectivity index (χ1n) is 15.6. The van der Waals surface area contributed by atoms with Crippen LogP contribution in [0.5, 0.6) is 11.5 Å². The van der Waals surface area contributed by atoms with E-state index in [4.69, 9.17) is 9.47 Å². The van der Waals surface area contributed by atoms with Gasteiger partial charge < -0.3 is 14.4 Å². The van der Waals surface area contributed by atoms with Crippen LogP contribution in [-0.2, 0) is 16.2 Å². The molecule has 44 heavy (non-hydrogen) atoms. The van der Waals surface area contributed by atoms with E-state index in [0.29, 0.717) is 37.6 Å². The van der Waals surface area contributed by atoms with Gasteiger partial charge in [-0.1, -0.05) is 64.1 Å². The summed E-state index contributed by atoms with van der Waals surface area (Å²) in [6.07, 6.45) is 2.54. The third kappa shape index (κ3) is 5.48. The van der Waals surface area contributed by atoms with E-state index < -0.39 is 5.92 Å². The van der Waals surface area contributed by atoms with Gasteiger partial charge in [0.25, 0.3) is 0 Å². The normalized spacial score (nSPS) is 19.8. The molecule has 6 rings (SSSR count). The SMILES string of the molecule is CCOc1cc(C2C3=C(CC(C)(C)CC3=O)N(C)C3=C2C(=O)CC(C)(C)C3)cc(I)c1OCc1c(C)ccc2ccccc12. The van der Waals surface area contributed by atoms with Crippen molar-refractivity contribution in [2.45, 2.75) is 79.8 Å². The fourth-order valence-corrected chi connectivity index (χ4v) is 8.22. The number of nitrogens with zero attached hydrogens (tertiary/aromatic N) is 1. The van der Waals surface area contributed by atoms with E-state index in [9.17, 15) is 9.59 Å². The average Bonchev–Trinajstić information content (AvgIpc) is 2.93. The highest BCUT2D eigenvalue weighted by Gasteiger charge is 2.48. The van der Waals surface area contributed by atoms with Crippen molar-refractivity contribution in [3.05, 3.63) is 91.3 Å². The van der Waals surface area contributed by atoms with Crippen LogP contribution in [0.15, 0.2) is 71.1 Å². The summed E-state index contributed by atoms with van der Waals surface area (Å²) in [7, 11) is 2.05. The van der Waals surface area contributed by atoms with Crippen molar-refractivity contribution in [1.29, 1.82) is 0 Å². The summed E-state index contributed by atoms with van der Waals surface area (Å²) < 4.78 is 13.7. The number of carbonyl (C=O) groups excluding carboxylic acids is 2. The first-order chi connectivity index (χ1) is 20.8. The fraction of sp³-hybridized carbons (Fsp3) is 0.421. The number of ether oxygens (including phenoxy) is 2. The van der Waals surface area contributed by atoms with Gasteiger partial charge in [-0.25, -0.2) is 0 Å². The monoisotopic (exact) mass is 703 g/mol. The molecular formula is C38H42INO4. The molecule has 3 aromatic carbocycles. The minimum Gasteiger partial charge on any atom is -0.490 e. The number of ketones is 2. The zero-order chi connectivity index (χ0) is 31.6. The molecule has 0 saturated heterocycles. The number of fused-ring (bicyclic) bond motifs is 1. The predicted octanol–water partition coefficient (Wildman–Crippen LogP) is 9.05. The van der Waals surface area contributed by atoms with Crippen LogP contribution in [0.4, 0.5) is 0 Å². The van der Waals surface area contributed by atoms with Crippen LogP contribution in [0.2, 0.25) is 0 Å².